The number of carbonyl (C=O) groups excluding carboxylic acids is 1. The Kier molecular flexibility index (Phi) is 4.37. The highest BCUT2D eigenvalue weighted by atomic mass is 16.3. The number of aryl methyl sites for hydroxylation is 1. The summed E-state index contributed by atoms with van der Waals surface area (Å²) >= 11 is 0. The molecule has 1 unspecified atom stereocenters. The van der Waals surface area contributed by atoms with Crippen LogP contribution in [-0.2, 0) is 7.05 Å². The van der Waals surface area contributed by atoms with Crippen LogP contribution in [0.15, 0.2) is 18.3 Å². The van der Waals surface area contributed by atoms with Crippen molar-refractivity contribution in [3.63, 3.8) is 0 Å². The molecule has 1 aromatic rings. The van der Waals surface area contributed by atoms with Crippen molar-refractivity contribution in [2.45, 2.75) is 25.9 Å². The molecule has 0 aliphatic carbocycles. The van der Waals surface area contributed by atoms with Gasteiger partial charge in [0.2, 0.25) is 0 Å². The Morgan fingerprint density at radius 1 is 1.67 bits per heavy atom. The van der Waals surface area contributed by atoms with Crippen LogP contribution >= 0.6 is 0 Å². The molecular weight excluding hydrogens is 192 g/mol. The number of aromatic nitrogens is 1. The lowest BCUT2D eigenvalue weighted by Crippen LogP contribution is -2.26. The van der Waals surface area contributed by atoms with Gasteiger partial charge in [-0.25, -0.2) is 0 Å². The van der Waals surface area contributed by atoms with E-state index in [0.29, 0.717) is 18.7 Å². The first-order chi connectivity index (χ1) is 7.11. The summed E-state index contributed by atoms with van der Waals surface area (Å²) in [5.74, 6) is -0.0620. The molecule has 4 nitrogen and oxygen atoms in total. The molecule has 1 rings (SSSR count). The van der Waals surface area contributed by atoms with E-state index in [2.05, 4.69) is 5.32 Å². The van der Waals surface area contributed by atoms with E-state index in [0.717, 1.165) is 6.42 Å². The Morgan fingerprint density at radius 3 is 2.93 bits per heavy atom. The maximum atomic E-state index is 11.6. The first-order valence-corrected chi connectivity index (χ1v) is 5.19. The zero-order valence-electron chi connectivity index (χ0n) is 9.23. The van der Waals surface area contributed by atoms with Crippen LogP contribution in [0.5, 0.6) is 0 Å². The minimum absolute atomic E-state index is 0.0620. The molecule has 0 radical (unpaired) electrons. The normalized spacial score (nSPS) is 12.5. The number of carbonyl (C=O) groups is 1. The van der Waals surface area contributed by atoms with Gasteiger partial charge in [0.15, 0.2) is 0 Å². The summed E-state index contributed by atoms with van der Waals surface area (Å²) in [7, 11) is 1.84. The van der Waals surface area contributed by atoms with Crippen molar-refractivity contribution in [2.24, 2.45) is 7.05 Å². The zero-order chi connectivity index (χ0) is 11.3. The Balaban J connectivity index is 2.28. The van der Waals surface area contributed by atoms with Crippen LogP contribution in [0, 0.1) is 0 Å². The van der Waals surface area contributed by atoms with Crippen LogP contribution in [0.3, 0.4) is 0 Å². The summed E-state index contributed by atoms with van der Waals surface area (Å²) in [5.41, 5.74) is 0.659. The summed E-state index contributed by atoms with van der Waals surface area (Å²) in [4.78, 5) is 11.6. The summed E-state index contributed by atoms with van der Waals surface area (Å²) in [6.07, 6.45) is 3.06. The van der Waals surface area contributed by atoms with Gasteiger partial charge < -0.3 is 15.0 Å². The predicted octanol–water partition coefficient (Wildman–Crippen LogP) is 0.916. The molecule has 84 valence electrons. The SMILES string of the molecule is CC(O)CCCNC(=O)c1cccn1C. The fourth-order valence-corrected chi connectivity index (χ4v) is 1.39. The lowest BCUT2D eigenvalue weighted by Gasteiger charge is -2.07. The minimum Gasteiger partial charge on any atom is -0.393 e. The van der Waals surface area contributed by atoms with E-state index >= 15 is 0 Å². The van der Waals surface area contributed by atoms with Crippen LogP contribution in [0.2, 0.25) is 0 Å². The van der Waals surface area contributed by atoms with Crippen LogP contribution in [-0.4, -0.2) is 28.2 Å². The minimum atomic E-state index is -0.295. The molecule has 0 aromatic carbocycles. The number of nitrogens with zero attached hydrogens (tertiary/aromatic N) is 1. The lowest BCUT2D eigenvalue weighted by atomic mass is 10.2. The van der Waals surface area contributed by atoms with Gasteiger partial charge in [-0.3, -0.25) is 4.79 Å². The molecule has 0 fully saturated rings. The first-order valence-electron chi connectivity index (χ1n) is 5.19. The number of hydrogen-bond acceptors (Lipinski definition) is 2. The Hall–Kier alpha value is -1.29. The van der Waals surface area contributed by atoms with E-state index < -0.39 is 0 Å². The third-order valence-electron chi connectivity index (χ3n) is 2.26. The fourth-order valence-electron chi connectivity index (χ4n) is 1.39. The van der Waals surface area contributed by atoms with Crippen molar-refractivity contribution in [3.8, 4) is 0 Å². The largest absolute Gasteiger partial charge is 0.393 e. The van der Waals surface area contributed by atoms with Crippen molar-refractivity contribution in [3.05, 3.63) is 24.0 Å². The van der Waals surface area contributed by atoms with Crippen LogP contribution < -0.4 is 5.32 Å². The van der Waals surface area contributed by atoms with E-state index in [-0.39, 0.29) is 12.0 Å². The van der Waals surface area contributed by atoms with Gasteiger partial charge in [0.25, 0.3) is 5.91 Å². The monoisotopic (exact) mass is 210 g/mol. The molecule has 1 atom stereocenters. The van der Waals surface area contributed by atoms with E-state index in [4.69, 9.17) is 5.11 Å². The third-order valence-corrected chi connectivity index (χ3v) is 2.26. The number of aliphatic hydroxyl groups is 1. The molecule has 0 aliphatic rings. The van der Waals surface area contributed by atoms with Crippen molar-refractivity contribution >= 4 is 5.91 Å². The van der Waals surface area contributed by atoms with Crippen LogP contribution in [0.25, 0.3) is 0 Å². The van der Waals surface area contributed by atoms with Gasteiger partial charge in [-0.1, -0.05) is 0 Å². The van der Waals surface area contributed by atoms with Gasteiger partial charge in [-0.05, 0) is 31.9 Å². The summed E-state index contributed by atoms with van der Waals surface area (Å²) in [6, 6.07) is 3.62. The number of aliphatic hydroxyl groups excluding tert-OH is 1. The van der Waals surface area contributed by atoms with E-state index in [1.807, 2.05) is 19.3 Å². The van der Waals surface area contributed by atoms with Crippen LogP contribution in [0.4, 0.5) is 0 Å². The molecule has 4 heteroatoms. The topological polar surface area (TPSA) is 54.3 Å². The van der Waals surface area contributed by atoms with Gasteiger partial charge in [0.1, 0.15) is 5.69 Å². The molecular formula is C11H18N2O2. The number of amides is 1. The Morgan fingerprint density at radius 2 is 2.40 bits per heavy atom. The maximum absolute atomic E-state index is 11.6. The highest BCUT2D eigenvalue weighted by molar-refractivity contribution is 5.92. The van der Waals surface area contributed by atoms with E-state index in [1.165, 1.54) is 0 Å². The van der Waals surface area contributed by atoms with Gasteiger partial charge in [0.05, 0.1) is 6.10 Å². The molecule has 0 aliphatic heterocycles. The molecule has 1 amide bonds. The smallest absolute Gasteiger partial charge is 0.267 e. The molecule has 0 bridgehead atoms. The second-order valence-electron chi connectivity index (χ2n) is 3.75. The predicted molar refractivity (Wildman–Crippen MR) is 58.7 cm³/mol. The standard InChI is InChI=1S/C11H18N2O2/c1-9(14)5-3-7-12-11(15)10-6-4-8-13(10)2/h4,6,8-9,14H,3,5,7H2,1-2H3,(H,12,15). The molecule has 0 saturated heterocycles. The van der Waals surface area contributed by atoms with Gasteiger partial charge in [-0.2, -0.15) is 0 Å². The van der Waals surface area contributed by atoms with Gasteiger partial charge in [-0.15, -0.1) is 0 Å². The van der Waals surface area contributed by atoms with E-state index in [9.17, 15) is 4.79 Å². The third kappa shape index (κ3) is 3.75. The Labute approximate surface area is 89.9 Å². The van der Waals surface area contributed by atoms with Crippen molar-refractivity contribution in [2.75, 3.05) is 6.54 Å². The van der Waals surface area contributed by atoms with Crippen LogP contribution in [0.1, 0.15) is 30.3 Å². The summed E-state index contributed by atoms with van der Waals surface area (Å²) in [6.45, 7) is 2.36. The number of nitrogens with one attached hydrogen (secondary N) is 1. The molecule has 0 saturated carbocycles. The molecule has 2 N–H and O–H groups in total. The van der Waals surface area contributed by atoms with Crippen molar-refractivity contribution in [1.82, 2.24) is 9.88 Å². The van der Waals surface area contributed by atoms with Crippen molar-refractivity contribution < 1.29 is 9.90 Å². The first kappa shape index (κ1) is 11.8. The van der Waals surface area contributed by atoms with Gasteiger partial charge >= 0.3 is 0 Å². The average Bonchev–Trinajstić information content (AvgIpc) is 2.58. The number of hydrogen-bond donors (Lipinski definition) is 2. The molecule has 1 aromatic heterocycles. The maximum Gasteiger partial charge on any atom is 0.267 e. The highest BCUT2D eigenvalue weighted by Crippen LogP contribution is 1.99. The molecule has 15 heavy (non-hydrogen) atoms. The van der Waals surface area contributed by atoms with Gasteiger partial charge in [0, 0.05) is 19.8 Å². The van der Waals surface area contributed by atoms with Crippen molar-refractivity contribution in [1.29, 1.82) is 0 Å². The zero-order valence-corrected chi connectivity index (χ0v) is 9.23. The Bertz CT molecular complexity index is 318. The summed E-state index contributed by atoms with van der Waals surface area (Å²) in [5, 5.41) is 11.8. The second kappa shape index (κ2) is 5.56. The number of rotatable bonds is 5. The average molecular weight is 210 g/mol. The van der Waals surface area contributed by atoms with E-state index in [1.54, 1.807) is 17.6 Å². The lowest BCUT2D eigenvalue weighted by molar-refractivity contribution is 0.0941. The quantitative estimate of drug-likeness (QED) is 0.710. The highest BCUT2D eigenvalue weighted by Gasteiger charge is 2.07. The molecule has 0 spiro atoms. The summed E-state index contributed by atoms with van der Waals surface area (Å²) < 4.78 is 1.78. The second-order valence-corrected chi connectivity index (χ2v) is 3.75. The fraction of sp³-hybridized carbons (Fsp3) is 0.545. The molecule has 1 heterocycles.